The first-order valence-corrected chi connectivity index (χ1v) is 5.38. The van der Waals surface area contributed by atoms with E-state index >= 15 is 0 Å². The predicted molar refractivity (Wildman–Crippen MR) is 66.9 cm³/mol. The Hall–Kier alpha value is -0.800. The van der Waals surface area contributed by atoms with Crippen LogP contribution >= 0.6 is 11.8 Å². The Labute approximate surface area is 90.7 Å². The molecule has 0 heterocycles. The lowest BCUT2D eigenvalue weighted by Gasteiger charge is -2.15. The summed E-state index contributed by atoms with van der Waals surface area (Å²) in [6, 6.07) is 0. The average Bonchev–Trinajstić information content (AvgIpc) is 2.16. The molecule has 78 valence electrons. The van der Waals surface area contributed by atoms with Crippen LogP contribution in [0.2, 0.25) is 0 Å². The molecule has 0 rings (SSSR count). The monoisotopic (exact) mass is 210 g/mol. The fraction of sp³-hybridized carbons (Fsp3) is 0.364. The van der Waals surface area contributed by atoms with E-state index in [-0.39, 0.29) is 5.37 Å². The van der Waals surface area contributed by atoms with Crippen LogP contribution in [-0.4, -0.2) is 17.5 Å². The summed E-state index contributed by atoms with van der Waals surface area (Å²) < 4.78 is 0. The van der Waals surface area contributed by atoms with Gasteiger partial charge in [-0.15, -0.1) is 0 Å². The maximum atomic E-state index is 7.42. The fourth-order valence-corrected chi connectivity index (χ4v) is 1.72. The van der Waals surface area contributed by atoms with Gasteiger partial charge in [0.1, 0.15) is 0 Å². The van der Waals surface area contributed by atoms with E-state index in [9.17, 15) is 0 Å². The van der Waals surface area contributed by atoms with E-state index in [0.717, 1.165) is 5.57 Å². The molecule has 0 amide bonds. The van der Waals surface area contributed by atoms with Crippen molar-refractivity contribution >= 4 is 16.8 Å². The molecule has 0 aliphatic heterocycles. The maximum absolute atomic E-state index is 7.42. The van der Waals surface area contributed by atoms with Crippen molar-refractivity contribution in [3.05, 3.63) is 36.5 Å². The molecule has 0 spiro atoms. The zero-order chi connectivity index (χ0) is 11.0. The van der Waals surface area contributed by atoms with Crippen LogP contribution in [0.25, 0.3) is 0 Å². The molecule has 0 aromatic rings. The molecule has 0 aromatic heterocycles. The minimum Gasteiger partial charge on any atom is -0.304 e. The zero-order valence-corrected chi connectivity index (χ0v) is 9.82. The SMILES string of the molecule is C=C/C(=C\C=C/C)C(NC)SC(C)=N. The number of nitrogens with one attached hydrogen (secondary N) is 2. The molecule has 2 N–H and O–H groups in total. The van der Waals surface area contributed by atoms with E-state index in [1.165, 1.54) is 11.8 Å². The maximum Gasteiger partial charge on any atom is 0.0845 e. The van der Waals surface area contributed by atoms with Crippen molar-refractivity contribution in [3.8, 4) is 0 Å². The Morgan fingerprint density at radius 3 is 2.57 bits per heavy atom. The van der Waals surface area contributed by atoms with Gasteiger partial charge in [-0.1, -0.05) is 42.6 Å². The Morgan fingerprint density at radius 1 is 1.57 bits per heavy atom. The summed E-state index contributed by atoms with van der Waals surface area (Å²) in [5, 5.41) is 11.3. The van der Waals surface area contributed by atoms with E-state index in [4.69, 9.17) is 5.41 Å². The van der Waals surface area contributed by atoms with Gasteiger partial charge in [-0.25, -0.2) is 0 Å². The van der Waals surface area contributed by atoms with Crippen molar-refractivity contribution in [2.75, 3.05) is 7.05 Å². The van der Waals surface area contributed by atoms with Crippen LogP contribution in [-0.2, 0) is 0 Å². The fourth-order valence-electron chi connectivity index (χ4n) is 0.940. The summed E-state index contributed by atoms with van der Waals surface area (Å²) in [5.41, 5.74) is 1.09. The molecule has 1 atom stereocenters. The normalized spacial score (nSPS) is 14.4. The number of thioether (sulfide) groups is 1. The van der Waals surface area contributed by atoms with E-state index in [2.05, 4.69) is 11.9 Å². The summed E-state index contributed by atoms with van der Waals surface area (Å²) in [5.74, 6) is 0. The van der Waals surface area contributed by atoms with Crippen LogP contribution < -0.4 is 5.32 Å². The van der Waals surface area contributed by atoms with Crippen LogP contribution in [0, 0.1) is 5.41 Å². The van der Waals surface area contributed by atoms with Crippen molar-refractivity contribution < 1.29 is 0 Å². The molecule has 3 heteroatoms. The lowest BCUT2D eigenvalue weighted by molar-refractivity contribution is 0.845. The van der Waals surface area contributed by atoms with Crippen molar-refractivity contribution in [2.45, 2.75) is 19.2 Å². The van der Waals surface area contributed by atoms with Crippen molar-refractivity contribution in [1.82, 2.24) is 5.32 Å². The minimum atomic E-state index is 0.112. The van der Waals surface area contributed by atoms with E-state index in [1.807, 2.05) is 38.3 Å². The van der Waals surface area contributed by atoms with E-state index < -0.39 is 0 Å². The van der Waals surface area contributed by atoms with E-state index in [0.29, 0.717) is 5.04 Å². The van der Waals surface area contributed by atoms with Crippen LogP contribution in [0.3, 0.4) is 0 Å². The predicted octanol–water partition coefficient (Wildman–Crippen LogP) is 2.95. The third kappa shape index (κ3) is 5.04. The highest BCUT2D eigenvalue weighted by Crippen LogP contribution is 2.18. The van der Waals surface area contributed by atoms with E-state index in [1.54, 1.807) is 6.92 Å². The zero-order valence-electron chi connectivity index (χ0n) is 9.00. The molecule has 0 saturated carbocycles. The second-order valence-electron chi connectivity index (χ2n) is 2.74. The number of rotatable bonds is 5. The topological polar surface area (TPSA) is 35.9 Å². The molecule has 0 aromatic carbocycles. The van der Waals surface area contributed by atoms with Crippen molar-refractivity contribution in [1.29, 1.82) is 5.41 Å². The Morgan fingerprint density at radius 2 is 2.21 bits per heavy atom. The van der Waals surface area contributed by atoms with Gasteiger partial charge in [0.05, 0.1) is 10.4 Å². The Balaban J connectivity index is 4.60. The largest absolute Gasteiger partial charge is 0.304 e. The van der Waals surface area contributed by atoms with Crippen molar-refractivity contribution in [3.63, 3.8) is 0 Å². The van der Waals surface area contributed by atoms with Crippen LogP contribution in [0.4, 0.5) is 0 Å². The van der Waals surface area contributed by atoms with Crippen LogP contribution in [0.1, 0.15) is 13.8 Å². The highest BCUT2D eigenvalue weighted by molar-refractivity contribution is 8.14. The molecular weight excluding hydrogens is 192 g/mol. The summed E-state index contributed by atoms with van der Waals surface area (Å²) in [6.07, 6.45) is 7.76. The first-order valence-electron chi connectivity index (χ1n) is 4.50. The van der Waals surface area contributed by atoms with Gasteiger partial charge in [0.2, 0.25) is 0 Å². The highest BCUT2D eigenvalue weighted by Gasteiger charge is 2.09. The number of hydrogen-bond donors (Lipinski definition) is 2. The van der Waals surface area contributed by atoms with Gasteiger partial charge in [-0.2, -0.15) is 0 Å². The standard InChI is InChI=1S/C11H18N2S/c1-5-7-8-10(6-2)11(13-4)14-9(3)12/h5-8,11-13H,2H2,1,3-4H3/b7-5-,10-8+,12-9?. The van der Waals surface area contributed by atoms with Gasteiger partial charge < -0.3 is 5.32 Å². The van der Waals surface area contributed by atoms with Crippen LogP contribution in [0.15, 0.2) is 36.5 Å². The van der Waals surface area contributed by atoms with Gasteiger partial charge >= 0.3 is 0 Å². The van der Waals surface area contributed by atoms with Gasteiger partial charge in [0.25, 0.3) is 0 Å². The van der Waals surface area contributed by atoms with Gasteiger partial charge in [0, 0.05) is 0 Å². The third-order valence-electron chi connectivity index (χ3n) is 1.58. The Kier molecular flexibility index (Phi) is 7.16. The highest BCUT2D eigenvalue weighted by atomic mass is 32.2. The smallest absolute Gasteiger partial charge is 0.0845 e. The third-order valence-corrected chi connectivity index (χ3v) is 2.67. The molecule has 0 radical (unpaired) electrons. The number of hydrogen-bond acceptors (Lipinski definition) is 3. The second-order valence-corrected chi connectivity index (χ2v) is 4.06. The van der Waals surface area contributed by atoms with Crippen LogP contribution in [0.5, 0.6) is 0 Å². The number of allylic oxidation sites excluding steroid dienone is 3. The lowest BCUT2D eigenvalue weighted by Crippen LogP contribution is -2.24. The first-order chi connectivity index (χ1) is 6.65. The molecule has 0 saturated heterocycles. The molecule has 0 aliphatic rings. The van der Waals surface area contributed by atoms with Gasteiger partial charge in [-0.05, 0) is 26.5 Å². The molecule has 0 bridgehead atoms. The molecule has 0 aliphatic carbocycles. The van der Waals surface area contributed by atoms with Crippen molar-refractivity contribution in [2.24, 2.45) is 0 Å². The molecule has 1 unspecified atom stereocenters. The molecule has 14 heavy (non-hydrogen) atoms. The summed E-state index contributed by atoms with van der Waals surface area (Å²) >= 11 is 1.48. The summed E-state index contributed by atoms with van der Waals surface area (Å²) in [6.45, 7) is 7.52. The quantitative estimate of drug-likeness (QED) is 0.317. The number of likely N-dealkylation sites (N-methyl/N-ethyl adjacent to an activating group) is 1. The minimum absolute atomic E-state index is 0.112. The summed E-state index contributed by atoms with van der Waals surface area (Å²) in [7, 11) is 1.88. The molecule has 2 nitrogen and oxygen atoms in total. The van der Waals surface area contributed by atoms with Gasteiger partial charge in [-0.3, -0.25) is 5.41 Å². The molecule has 0 fully saturated rings. The molecular formula is C11H18N2S. The average molecular weight is 210 g/mol. The summed E-state index contributed by atoms with van der Waals surface area (Å²) in [4.78, 5) is 0. The van der Waals surface area contributed by atoms with Gasteiger partial charge in [0.15, 0.2) is 0 Å². The first kappa shape index (κ1) is 13.2. The second kappa shape index (κ2) is 7.59. The Bertz CT molecular complexity index is 254. The lowest BCUT2D eigenvalue weighted by atomic mass is 10.2.